The molecule has 0 atom stereocenters. The number of aryl methyl sites for hydroxylation is 1. The molecular weight excluding hydrogens is 362 g/mol. The smallest absolute Gasteiger partial charge is 0.246 e. The van der Waals surface area contributed by atoms with Gasteiger partial charge < -0.3 is 4.42 Å². The quantitative estimate of drug-likeness (QED) is 0.623. The predicted molar refractivity (Wildman–Crippen MR) is 105 cm³/mol. The Hall–Kier alpha value is -2.64. The van der Waals surface area contributed by atoms with Crippen LogP contribution in [0.1, 0.15) is 22.7 Å². The van der Waals surface area contributed by atoms with Gasteiger partial charge in [-0.3, -0.25) is 4.68 Å². The minimum Gasteiger partial charge on any atom is -0.468 e. The van der Waals surface area contributed by atoms with E-state index in [9.17, 15) is 8.42 Å². The number of allylic oxidation sites excluding steroid dienone is 1. The topological polar surface area (TPSA) is 68.3 Å². The van der Waals surface area contributed by atoms with Gasteiger partial charge >= 0.3 is 0 Å². The van der Waals surface area contributed by atoms with Crippen LogP contribution in [0.5, 0.6) is 0 Å². The summed E-state index contributed by atoms with van der Waals surface area (Å²) >= 11 is 0. The van der Waals surface area contributed by atoms with E-state index in [-0.39, 0.29) is 11.4 Å². The molecule has 0 aliphatic carbocycles. The fourth-order valence-electron chi connectivity index (χ4n) is 2.95. The molecule has 6 nitrogen and oxygen atoms in total. The lowest BCUT2D eigenvalue weighted by Gasteiger charge is -2.16. The van der Waals surface area contributed by atoms with Gasteiger partial charge in [0.2, 0.25) is 10.0 Å². The summed E-state index contributed by atoms with van der Waals surface area (Å²) in [7, 11) is -2.12. The molecule has 1 aromatic carbocycles. The number of hydrogen-bond acceptors (Lipinski definition) is 4. The molecule has 0 aliphatic rings. The van der Waals surface area contributed by atoms with E-state index in [0.29, 0.717) is 23.7 Å². The third-order valence-corrected chi connectivity index (χ3v) is 6.39. The van der Waals surface area contributed by atoms with Gasteiger partial charge in [-0.2, -0.15) is 9.40 Å². The van der Waals surface area contributed by atoms with Gasteiger partial charge in [0.15, 0.2) is 0 Å². The van der Waals surface area contributed by atoms with E-state index in [4.69, 9.17) is 4.42 Å². The van der Waals surface area contributed by atoms with Crippen LogP contribution < -0.4 is 0 Å². The fraction of sp³-hybridized carbons (Fsp3) is 0.250. The van der Waals surface area contributed by atoms with Gasteiger partial charge in [-0.05, 0) is 31.5 Å². The summed E-state index contributed by atoms with van der Waals surface area (Å²) < 4.78 is 34.3. The zero-order chi connectivity index (χ0) is 19.4. The third-order valence-electron chi connectivity index (χ3n) is 4.33. The summed E-state index contributed by atoms with van der Waals surface area (Å²) in [4.78, 5) is 0.254. The van der Waals surface area contributed by atoms with Crippen LogP contribution in [0.4, 0.5) is 0 Å². The lowest BCUT2D eigenvalue weighted by Crippen LogP contribution is -2.27. The molecule has 0 spiro atoms. The number of hydrogen-bond donors (Lipinski definition) is 0. The Balaban J connectivity index is 1.81. The van der Waals surface area contributed by atoms with Crippen molar-refractivity contribution in [3.8, 4) is 0 Å². The van der Waals surface area contributed by atoms with Crippen molar-refractivity contribution in [1.82, 2.24) is 14.1 Å². The summed E-state index contributed by atoms with van der Waals surface area (Å²) in [6, 6.07) is 13.4. The second kappa shape index (κ2) is 7.94. The SMILES string of the molecule is Cc1nn(CC=Cc2ccccc2)c(C)c1S(=O)(=O)N(C)Cc1ccco1. The lowest BCUT2D eigenvalue weighted by molar-refractivity contribution is 0.406. The molecule has 7 heteroatoms. The van der Waals surface area contributed by atoms with Crippen molar-refractivity contribution in [2.75, 3.05) is 7.05 Å². The van der Waals surface area contributed by atoms with Crippen molar-refractivity contribution >= 4 is 16.1 Å². The van der Waals surface area contributed by atoms with Gasteiger partial charge in [-0.1, -0.05) is 42.5 Å². The van der Waals surface area contributed by atoms with Crippen molar-refractivity contribution in [3.05, 3.63) is 77.5 Å². The van der Waals surface area contributed by atoms with Crippen LogP contribution in [0.2, 0.25) is 0 Å². The first kappa shape index (κ1) is 19.1. The Morgan fingerprint density at radius 1 is 1.15 bits per heavy atom. The summed E-state index contributed by atoms with van der Waals surface area (Å²) in [6.45, 7) is 4.17. The molecule has 0 aliphatic heterocycles. The van der Waals surface area contributed by atoms with Crippen molar-refractivity contribution in [2.45, 2.75) is 31.8 Å². The number of rotatable bonds is 7. The number of benzene rings is 1. The van der Waals surface area contributed by atoms with Gasteiger partial charge in [-0.15, -0.1) is 0 Å². The molecule has 0 N–H and O–H groups in total. The zero-order valence-electron chi connectivity index (χ0n) is 15.7. The van der Waals surface area contributed by atoms with Gasteiger partial charge in [0.1, 0.15) is 10.7 Å². The van der Waals surface area contributed by atoms with Gasteiger partial charge in [0, 0.05) is 7.05 Å². The van der Waals surface area contributed by atoms with E-state index >= 15 is 0 Å². The molecule has 2 aromatic heterocycles. The van der Waals surface area contributed by atoms with Crippen LogP contribution in [0, 0.1) is 13.8 Å². The third kappa shape index (κ3) is 4.20. The van der Waals surface area contributed by atoms with E-state index in [1.807, 2.05) is 42.5 Å². The van der Waals surface area contributed by atoms with Crippen LogP contribution in [0.25, 0.3) is 6.08 Å². The molecular formula is C20H23N3O3S. The van der Waals surface area contributed by atoms with Crippen molar-refractivity contribution < 1.29 is 12.8 Å². The maximum atomic E-state index is 13.0. The normalized spacial score (nSPS) is 12.3. The molecule has 2 heterocycles. The van der Waals surface area contributed by atoms with Crippen LogP contribution in [0.3, 0.4) is 0 Å². The molecule has 0 unspecified atom stereocenters. The summed E-state index contributed by atoms with van der Waals surface area (Å²) in [5.41, 5.74) is 2.20. The molecule has 0 saturated carbocycles. The molecule has 27 heavy (non-hydrogen) atoms. The first-order valence-corrected chi connectivity index (χ1v) is 10.1. The Morgan fingerprint density at radius 2 is 1.89 bits per heavy atom. The highest BCUT2D eigenvalue weighted by atomic mass is 32.2. The zero-order valence-corrected chi connectivity index (χ0v) is 16.5. The fourth-order valence-corrected chi connectivity index (χ4v) is 4.45. The minimum absolute atomic E-state index is 0.174. The van der Waals surface area contributed by atoms with Crippen LogP contribution in [0.15, 0.2) is 64.1 Å². The average molecular weight is 385 g/mol. The average Bonchev–Trinajstić information content (AvgIpc) is 3.24. The summed E-state index contributed by atoms with van der Waals surface area (Å²) in [6.07, 6.45) is 5.49. The van der Waals surface area contributed by atoms with Crippen LogP contribution >= 0.6 is 0 Å². The second-order valence-corrected chi connectivity index (χ2v) is 8.32. The molecule has 3 rings (SSSR count). The molecule has 0 amide bonds. The number of aromatic nitrogens is 2. The molecule has 3 aromatic rings. The largest absolute Gasteiger partial charge is 0.468 e. The monoisotopic (exact) mass is 385 g/mol. The second-order valence-electron chi connectivity index (χ2n) is 6.34. The highest BCUT2D eigenvalue weighted by Gasteiger charge is 2.29. The van der Waals surface area contributed by atoms with E-state index in [2.05, 4.69) is 5.10 Å². The van der Waals surface area contributed by atoms with Gasteiger partial charge in [0.05, 0.1) is 30.7 Å². The number of sulfonamides is 1. The van der Waals surface area contributed by atoms with Crippen LogP contribution in [-0.2, 0) is 23.1 Å². The molecule has 142 valence electrons. The van der Waals surface area contributed by atoms with Crippen molar-refractivity contribution in [1.29, 1.82) is 0 Å². The highest BCUT2D eigenvalue weighted by Crippen LogP contribution is 2.24. The number of furan rings is 1. The van der Waals surface area contributed by atoms with Gasteiger partial charge in [-0.25, -0.2) is 8.42 Å². The standard InChI is InChI=1S/C20H23N3O3S/c1-16-20(27(24,25)22(3)15-19-12-8-14-26-19)17(2)23(21-16)13-7-11-18-9-5-4-6-10-18/h4-12,14H,13,15H2,1-3H3. The highest BCUT2D eigenvalue weighted by molar-refractivity contribution is 7.89. The van der Waals surface area contributed by atoms with Crippen LogP contribution in [-0.4, -0.2) is 29.6 Å². The van der Waals surface area contributed by atoms with Crippen molar-refractivity contribution in [2.24, 2.45) is 0 Å². The first-order valence-electron chi connectivity index (χ1n) is 8.64. The Bertz CT molecular complexity index is 1020. The van der Waals surface area contributed by atoms with E-state index in [1.165, 1.54) is 10.6 Å². The molecule has 0 radical (unpaired) electrons. The predicted octanol–water partition coefficient (Wildman–Crippen LogP) is 3.63. The molecule has 0 saturated heterocycles. The summed E-state index contributed by atoms with van der Waals surface area (Å²) in [5, 5.41) is 4.42. The Labute approximate surface area is 159 Å². The Kier molecular flexibility index (Phi) is 5.62. The maximum absolute atomic E-state index is 13.0. The molecule has 0 fully saturated rings. The van der Waals surface area contributed by atoms with Gasteiger partial charge in [0.25, 0.3) is 0 Å². The van der Waals surface area contributed by atoms with E-state index < -0.39 is 10.0 Å². The van der Waals surface area contributed by atoms with E-state index in [1.54, 1.807) is 37.7 Å². The lowest BCUT2D eigenvalue weighted by atomic mass is 10.2. The first-order chi connectivity index (χ1) is 12.9. The number of nitrogens with zero attached hydrogens (tertiary/aromatic N) is 3. The maximum Gasteiger partial charge on any atom is 0.246 e. The van der Waals surface area contributed by atoms with Crippen molar-refractivity contribution in [3.63, 3.8) is 0 Å². The molecule has 0 bridgehead atoms. The minimum atomic E-state index is -3.67. The summed E-state index contributed by atoms with van der Waals surface area (Å²) in [5.74, 6) is 0.592. The Morgan fingerprint density at radius 3 is 2.56 bits per heavy atom. The van der Waals surface area contributed by atoms with E-state index in [0.717, 1.165) is 5.56 Å².